The van der Waals surface area contributed by atoms with Crippen LogP contribution in [0, 0.1) is 0 Å². The summed E-state index contributed by atoms with van der Waals surface area (Å²) in [6.45, 7) is 0. The molecule has 0 aliphatic carbocycles. The first-order valence-electron chi connectivity index (χ1n) is 3.68. The third kappa shape index (κ3) is 1.06. The highest BCUT2D eigenvalue weighted by Crippen LogP contribution is 2.19. The van der Waals surface area contributed by atoms with Gasteiger partial charge in [-0.3, -0.25) is 20.7 Å². The molecule has 5 nitrogen and oxygen atoms in total. The highest BCUT2D eigenvalue weighted by molar-refractivity contribution is 6.21. The molecule has 1 aromatic carbocycles. The van der Waals surface area contributed by atoms with Crippen molar-refractivity contribution in [3.05, 3.63) is 29.3 Å². The van der Waals surface area contributed by atoms with E-state index in [0.29, 0.717) is 16.8 Å². The monoisotopic (exact) mass is 177 g/mol. The molecule has 0 unspecified atom stereocenters. The van der Waals surface area contributed by atoms with Crippen LogP contribution < -0.4 is 16.6 Å². The van der Waals surface area contributed by atoms with Crippen LogP contribution in [-0.2, 0) is 0 Å². The zero-order valence-corrected chi connectivity index (χ0v) is 6.63. The van der Waals surface area contributed by atoms with E-state index in [1.165, 1.54) is 6.07 Å². The lowest BCUT2D eigenvalue weighted by Gasteiger charge is -1.99. The fraction of sp³-hybridized carbons (Fsp3) is 0. The molecule has 66 valence electrons. The van der Waals surface area contributed by atoms with Gasteiger partial charge in [0.05, 0.1) is 11.1 Å². The third-order valence-electron chi connectivity index (χ3n) is 1.90. The van der Waals surface area contributed by atoms with Crippen LogP contribution in [0.2, 0.25) is 0 Å². The first-order valence-corrected chi connectivity index (χ1v) is 3.68. The Hall–Kier alpha value is -1.88. The number of fused-ring (bicyclic) bond motifs is 1. The fourth-order valence-electron chi connectivity index (χ4n) is 1.26. The lowest BCUT2D eigenvalue weighted by atomic mass is 10.1. The average Bonchev–Trinajstić information content (AvgIpc) is 2.42. The van der Waals surface area contributed by atoms with Crippen LogP contribution in [0.5, 0.6) is 0 Å². The molecule has 5 heteroatoms. The van der Waals surface area contributed by atoms with Crippen molar-refractivity contribution in [1.82, 2.24) is 5.32 Å². The molecule has 0 saturated heterocycles. The molecule has 0 atom stereocenters. The first-order chi connectivity index (χ1) is 6.22. The van der Waals surface area contributed by atoms with Crippen LogP contribution in [0.3, 0.4) is 0 Å². The van der Waals surface area contributed by atoms with Gasteiger partial charge in [0.15, 0.2) is 0 Å². The van der Waals surface area contributed by atoms with Gasteiger partial charge in [-0.15, -0.1) is 0 Å². The summed E-state index contributed by atoms with van der Waals surface area (Å²) in [7, 11) is 0. The van der Waals surface area contributed by atoms with Crippen LogP contribution in [0.15, 0.2) is 18.2 Å². The summed E-state index contributed by atoms with van der Waals surface area (Å²) >= 11 is 0. The molecule has 13 heavy (non-hydrogen) atoms. The molecule has 0 spiro atoms. The predicted octanol–water partition coefficient (Wildman–Crippen LogP) is -0.144. The minimum atomic E-state index is -0.378. The van der Waals surface area contributed by atoms with Crippen LogP contribution in [0.1, 0.15) is 20.7 Å². The number of anilines is 1. The number of rotatable bonds is 1. The van der Waals surface area contributed by atoms with Gasteiger partial charge in [-0.25, -0.2) is 0 Å². The molecule has 1 aromatic rings. The zero-order chi connectivity index (χ0) is 9.42. The van der Waals surface area contributed by atoms with Gasteiger partial charge < -0.3 is 5.43 Å². The Labute approximate surface area is 73.9 Å². The summed E-state index contributed by atoms with van der Waals surface area (Å²) in [5.74, 6) is 4.42. The van der Waals surface area contributed by atoms with Crippen molar-refractivity contribution in [1.29, 1.82) is 0 Å². The quantitative estimate of drug-likeness (QED) is 0.316. The molecule has 0 saturated carbocycles. The summed E-state index contributed by atoms with van der Waals surface area (Å²) in [6, 6.07) is 4.73. The normalized spacial score (nSPS) is 13.9. The zero-order valence-electron chi connectivity index (χ0n) is 6.63. The second-order valence-electron chi connectivity index (χ2n) is 2.69. The molecular weight excluding hydrogens is 170 g/mol. The maximum Gasteiger partial charge on any atom is 0.259 e. The Kier molecular flexibility index (Phi) is 1.53. The summed E-state index contributed by atoms with van der Waals surface area (Å²) in [6.07, 6.45) is 0. The fourth-order valence-corrected chi connectivity index (χ4v) is 1.26. The number of hydrogen-bond donors (Lipinski definition) is 3. The van der Waals surface area contributed by atoms with E-state index in [1.54, 1.807) is 12.1 Å². The number of hydrogen-bond acceptors (Lipinski definition) is 4. The van der Waals surface area contributed by atoms with E-state index >= 15 is 0 Å². The highest BCUT2D eigenvalue weighted by atomic mass is 16.2. The van der Waals surface area contributed by atoms with Crippen LogP contribution in [0.4, 0.5) is 5.69 Å². The van der Waals surface area contributed by atoms with E-state index < -0.39 is 0 Å². The summed E-state index contributed by atoms with van der Waals surface area (Å²) in [4.78, 5) is 22.2. The van der Waals surface area contributed by atoms with E-state index in [2.05, 4.69) is 10.7 Å². The minimum absolute atomic E-state index is 0.358. The van der Waals surface area contributed by atoms with Gasteiger partial charge in [0.25, 0.3) is 11.8 Å². The number of carbonyl (C=O) groups is 2. The molecule has 1 aliphatic rings. The first kappa shape index (κ1) is 7.75. The number of hydrazine groups is 1. The molecule has 2 rings (SSSR count). The van der Waals surface area contributed by atoms with Gasteiger partial charge in [0, 0.05) is 5.69 Å². The summed E-state index contributed by atoms with van der Waals surface area (Å²) in [5.41, 5.74) is 3.76. The predicted molar refractivity (Wildman–Crippen MR) is 46.0 cm³/mol. The van der Waals surface area contributed by atoms with Crippen molar-refractivity contribution in [3.63, 3.8) is 0 Å². The van der Waals surface area contributed by atoms with Gasteiger partial charge in [-0.2, -0.15) is 0 Å². The Morgan fingerprint density at radius 1 is 1.15 bits per heavy atom. The van der Waals surface area contributed by atoms with E-state index in [4.69, 9.17) is 5.84 Å². The van der Waals surface area contributed by atoms with Gasteiger partial charge in [0.2, 0.25) is 0 Å². The molecule has 1 heterocycles. The smallest absolute Gasteiger partial charge is 0.259 e. The van der Waals surface area contributed by atoms with Crippen molar-refractivity contribution in [2.75, 3.05) is 5.43 Å². The standard InChI is InChI=1S/C8H7N3O2/c9-11-4-1-2-5-6(3-4)8(13)10-7(5)12/h1-3,11H,9H2,(H,10,12,13). The van der Waals surface area contributed by atoms with E-state index in [0.717, 1.165) is 0 Å². The Morgan fingerprint density at radius 2 is 1.85 bits per heavy atom. The summed E-state index contributed by atoms with van der Waals surface area (Å²) in [5, 5.41) is 2.19. The van der Waals surface area contributed by atoms with E-state index in [9.17, 15) is 9.59 Å². The molecule has 1 aliphatic heterocycles. The Bertz CT molecular complexity index is 400. The third-order valence-corrected chi connectivity index (χ3v) is 1.90. The maximum atomic E-state index is 11.1. The van der Waals surface area contributed by atoms with Crippen LogP contribution in [0.25, 0.3) is 0 Å². The van der Waals surface area contributed by atoms with Crippen molar-refractivity contribution in [2.45, 2.75) is 0 Å². The molecule has 0 aromatic heterocycles. The van der Waals surface area contributed by atoms with Gasteiger partial charge in [-0.1, -0.05) is 0 Å². The number of carbonyl (C=O) groups excluding carboxylic acids is 2. The van der Waals surface area contributed by atoms with Gasteiger partial charge in [-0.05, 0) is 18.2 Å². The Balaban J connectivity index is 2.58. The number of nitrogens with one attached hydrogen (secondary N) is 2. The Morgan fingerprint density at radius 3 is 2.54 bits per heavy atom. The van der Waals surface area contributed by atoms with Gasteiger partial charge >= 0.3 is 0 Å². The lowest BCUT2D eigenvalue weighted by Crippen LogP contribution is -2.19. The summed E-state index contributed by atoms with van der Waals surface area (Å²) < 4.78 is 0. The second kappa shape index (κ2) is 2.56. The van der Waals surface area contributed by atoms with E-state index in [1.807, 2.05) is 0 Å². The topological polar surface area (TPSA) is 84.2 Å². The molecule has 0 fully saturated rings. The molecule has 0 radical (unpaired) electrons. The number of imide groups is 1. The molecular formula is C8H7N3O2. The lowest BCUT2D eigenvalue weighted by molar-refractivity contribution is 0.0879. The molecule has 4 N–H and O–H groups in total. The van der Waals surface area contributed by atoms with Crippen molar-refractivity contribution >= 4 is 17.5 Å². The van der Waals surface area contributed by atoms with Crippen LogP contribution in [-0.4, -0.2) is 11.8 Å². The SMILES string of the molecule is NNc1ccc2c(c1)C(=O)NC2=O. The largest absolute Gasteiger partial charge is 0.324 e. The minimum Gasteiger partial charge on any atom is -0.324 e. The van der Waals surface area contributed by atoms with Crippen molar-refractivity contribution in [2.24, 2.45) is 5.84 Å². The average molecular weight is 177 g/mol. The van der Waals surface area contributed by atoms with Crippen molar-refractivity contribution in [3.8, 4) is 0 Å². The number of nitrogens with two attached hydrogens (primary N) is 1. The van der Waals surface area contributed by atoms with Crippen molar-refractivity contribution < 1.29 is 9.59 Å². The second-order valence-corrected chi connectivity index (χ2v) is 2.69. The highest BCUT2D eigenvalue weighted by Gasteiger charge is 2.26. The molecule has 2 amide bonds. The van der Waals surface area contributed by atoms with E-state index in [-0.39, 0.29) is 11.8 Å². The number of nitrogen functional groups attached to an aromatic ring is 1. The molecule has 0 bridgehead atoms. The van der Waals surface area contributed by atoms with Gasteiger partial charge in [0.1, 0.15) is 0 Å². The maximum absolute atomic E-state index is 11.1. The number of amides is 2. The number of benzene rings is 1. The van der Waals surface area contributed by atoms with Crippen LogP contribution >= 0.6 is 0 Å².